The van der Waals surface area contributed by atoms with E-state index in [-0.39, 0.29) is 12.1 Å². The van der Waals surface area contributed by atoms with Crippen molar-refractivity contribution in [2.24, 2.45) is 0 Å². The number of alkyl halides is 3. The molecule has 2 atom stereocenters. The highest BCUT2D eigenvalue weighted by atomic mass is 19.4. The number of amides is 3. The Balaban J connectivity index is 1.41. The van der Waals surface area contributed by atoms with Crippen LogP contribution in [-0.4, -0.2) is 77.8 Å². The Labute approximate surface area is 281 Å². The Bertz CT molecular complexity index is 1870. The van der Waals surface area contributed by atoms with E-state index in [1.165, 1.54) is 11.0 Å². The van der Waals surface area contributed by atoms with E-state index in [1.807, 2.05) is 30.3 Å². The van der Waals surface area contributed by atoms with E-state index in [1.54, 1.807) is 42.1 Å². The van der Waals surface area contributed by atoms with Crippen LogP contribution in [0.4, 0.5) is 24.7 Å². The monoisotopic (exact) mass is 672 g/mol. The van der Waals surface area contributed by atoms with Gasteiger partial charge in [-0.1, -0.05) is 49.0 Å². The SMILES string of the molecule is C=C(CN1CCOCC1)C(=O)Nc1ccccc1[C@@H]1c2cnn(-c3ccccc3)c2N(CC)C(=O)[C@H]1NC(=O)c1cccc(C(F)(F)F)c1. The molecule has 0 radical (unpaired) electrons. The van der Waals surface area contributed by atoms with Gasteiger partial charge < -0.3 is 15.4 Å². The molecule has 3 heterocycles. The predicted octanol–water partition coefficient (Wildman–Crippen LogP) is 5.02. The summed E-state index contributed by atoms with van der Waals surface area (Å²) in [5, 5.41) is 10.3. The second-order valence-electron chi connectivity index (χ2n) is 11.8. The fourth-order valence-electron chi connectivity index (χ4n) is 6.25. The molecule has 3 aromatic carbocycles. The van der Waals surface area contributed by atoms with Crippen molar-refractivity contribution in [2.75, 3.05) is 49.6 Å². The third-order valence-corrected chi connectivity index (χ3v) is 8.67. The maximum Gasteiger partial charge on any atom is 0.416 e. The maximum absolute atomic E-state index is 14.4. The molecule has 2 aliphatic rings. The van der Waals surface area contributed by atoms with Gasteiger partial charge in [0.15, 0.2) is 0 Å². The first-order valence-electron chi connectivity index (χ1n) is 15.9. The molecule has 2 aliphatic heterocycles. The third-order valence-electron chi connectivity index (χ3n) is 8.67. The van der Waals surface area contributed by atoms with Gasteiger partial charge in [-0.05, 0) is 48.9 Å². The zero-order chi connectivity index (χ0) is 34.7. The molecule has 0 saturated carbocycles. The average Bonchev–Trinajstić information content (AvgIpc) is 3.54. The normalized spacial score (nSPS) is 18.1. The molecule has 49 heavy (non-hydrogen) atoms. The first-order valence-corrected chi connectivity index (χ1v) is 15.9. The van der Waals surface area contributed by atoms with E-state index in [0.29, 0.717) is 66.7 Å². The van der Waals surface area contributed by atoms with E-state index >= 15 is 0 Å². The lowest BCUT2D eigenvalue weighted by molar-refractivity contribution is -0.137. The largest absolute Gasteiger partial charge is 0.416 e. The Morgan fingerprint density at radius 1 is 0.980 bits per heavy atom. The molecular weight excluding hydrogens is 637 g/mol. The first-order chi connectivity index (χ1) is 23.6. The van der Waals surface area contributed by atoms with Crippen LogP contribution in [0.15, 0.2) is 97.2 Å². The maximum atomic E-state index is 14.4. The molecule has 3 amide bonds. The van der Waals surface area contributed by atoms with Gasteiger partial charge in [-0.15, -0.1) is 0 Å². The Morgan fingerprint density at radius 3 is 2.41 bits per heavy atom. The van der Waals surface area contributed by atoms with Gasteiger partial charge in [0.05, 0.1) is 30.7 Å². The van der Waals surface area contributed by atoms with Crippen LogP contribution in [0, 0.1) is 0 Å². The molecule has 0 unspecified atom stereocenters. The van der Waals surface area contributed by atoms with Crippen molar-refractivity contribution in [3.63, 3.8) is 0 Å². The topological polar surface area (TPSA) is 109 Å². The van der Waals surface area contributed by atoms with Gasteiger partial charge in [0.2, 0.25) is 0 Å². The molecule has 1 aromatic heterocycles. The molecule has 10 nitrogen and oxygen atoms in total. The second kappa shape index (κ2) is 14.1. The lowest BCUT2D eigenvalue weighted by atomic mass is 9.81. The number of carbonyl (C=O) groups excluding carboxylic acids is 3. The zero-order valence-electron chi connectivity index (χ0n) is 26.7. The minimum Gasteiger partial charge on any atom is -0.379 e. The van der Waals surface area contributed by atoms with Gasteiger partial charge in [-0.2, -0.15) is 18.3 Å². The van der Waals surface area contributed by atoms with Gasteiger partial charge >= 0.3 is 6.18 Å². The molecule has 2 N–H and O–H groups in total. The summed E-state index contributed by atoms with van der Waals surface area (Å²) in [5.74, 6) is -2.17. The highest BCUT2D eigenvalue weighted by Gasteiger charge is 2.45. The van der Waals surface area contributed by atoms with Crippen LogP contribution in [0.5, 0.6) is 0 Å². The Morgan fingerprint density at radius 2 is 1.69 bits per heavy atom. The van der Waals surface area contributed by atoms with Crippen LogP contribution >= 0.6 is 0 Å². The highest BCUT2D eigenvalue weighted by Crippen LogP contribution is 2.43. The number of carbonyl (C=O) groups is 3. The number of nitrogens with one attached hydrogen (secondary N) is 2. The zero-order valence-corrected chi connectivity index (χ0v) is 26.7. The number of aromatic nitrogens is 2. The molecular formula is C36H35F3N6O4. The van der Waals surface area contributed by atoms with Crippen LogP contribution in [0.3, 0.4) is 0 Å². The molecule has 6 rings (SSSR count). The van der Waals surface area contributed by atoms with Crippen LogP contribution < -0.4 is 15.5 Å². The fraction of sp³-hybridized carbons (Fsp3) is 0.278. The van der Waals surface area contributed by atoms with E-state index in [9.17, 15) is 27.6 Å². The molecule has 0 spiro atoms. The summed E-state index contributed by atoms with van der Waals surface area (Å²) in [6, 6.07) is 18.9. The summed E-state index contributed by atoms with van der Waals surface area (Å²) in [4.78, 5) is 45.1. The minimum absolute atomic E-state index is 0.215. The summed E-state index contributed by atoms with van der Waals surface area (Å²) in [5.41, 5.74) is 1.25. The number of hydrogen-bond acceptors (Lipinski definition) is 6. The summed E-state index contributed by atoms with van der Waals surface area (Å²) < 4.78 is 47.6. The van der Waals surface area contributed by atoms with Gasteiger partial charge in [-0.25, -0.2) is 4.68 Å². The summed E-state index contributed by atoms with van der Waals surface area (Å²) in [6.07, 6.45) is -3.05. The van der Waals surface area contributed by atoms with Crippen LogP contribution in [0.1, 0.15) is 39.9 Å². The van der Waals surface area contributed by atoms with E-state index < -0.39 is 41.4 Å². The number of ether oxygens (including phenoxy) is 1. The van der Waals surface area contributed by atoms with Crippen molar-refractivity contribution in [3.05, 3.63) is 119 Å². The summed E-state index contributed by atoms with van der Waals surface area (Å²) >= 11 is 0. The number of rotatable bonds is 9. The van der Waals surface area contributed by atoms with Crippen molar-refractivity contribution in [2.45, 2.75) is 25.1 Å². The first kappa shape index (κ1) is 33.6. The highest BCUT2D eigenvalue weighted by molar-refractivity contribution is 6.07. The molecule has 13 heteroatoms. The van der Waals surface area contributed by atoms with Crippen molar-refractivity contribution in [1.82, 2.24) is 20.0 Å². The van der Waals surface area contributed by atoms with Gasteiger partial charge in [-0.3, -0.25) is 24.2 Å². The number of hydrogen-bond donors (Lipinski definition) is 2. The predicted molar refractivity (Wildman–Crippen MR) is 178 cm³/mol. The molecule has 4 aromatic rings. The lowest BCUT2D eigenvalue weighted by Crippen LogP contribution is -2.55. The van der Waals surface area contributed by atoms with Crippen molar-refractivity contribution in [1.29, 1.82) is 0 Å². The van der Waals surface area contributed by atoms with Crippen molar-refractivity contribution >= 4 is 29.2 Å². The van der Waals surface area contributed by atoms with Gasteiger partial charge in [0.1, 0.15) is 11.9 Å². The third kappa shape index (κ3) is 6.99. The molecule has 0 bridgehead atoms. The molecule has 0 aliphatic carbocycles. The molecule has 1 fully saturated rings. The Hall–Kier alpha value is -5.27. The van der Waals surface area contributed by atoms with E-state index in [4.69, 9.17) is 4.74 Å². The number of halogens is 3. The quantitative estimate of drug-likeness (QED) is 0.242. The van der Waals surface area contributed by atoms with E-state index in [0.717, 1.165) is 18.2 Å². The summed E-state index contributed by atoms with van der Waals surface area (Å²) in [7, 11) is 0. The minimum atomic E-state index is -4.66. The van der Waals surface area contributed by atoms with E-state index in [2.05, 4.69) is 27.2 Å². The van der Waals surface area contributed by atoms with Gasteiger partial charge in [0, 0.05) is 54.5 Å². The smallest absolute Gasteiger partial charge is 0.379 e. The van der Waals surface area contributed by atoms with Crippen LogP contribution in [0.2, 0.25) is 0 Å². The number of morpholine rings is 1. The number of anilines is 2. The van der Waals surface area contributed by atoms with Crippen LogP contribution in [-0.2, 0) is 20.5 Å². The second-order valence-corrected chi connectivity index (χ2v) is 11.8. The lowest BCUT2D eigenvalue weighted by Gasteiger charge is -2.38. The van der Waals surface area contributed by atoms with Crippen LogP contribution in [0.25, 0.3) is 5.69 Å². The Kier molecular flexibility index (Phi) is 9.65. The molecule has 254 valence electrons. The average molecular weight is 673 g/mol. The number of para-hydroxylation sites is 2. The summed E-state index contributed by atoms with van der Waals surface area (Å²) in [6.45, 7) is 8.80. The number of fused-ring (bicyclic) bond motifs is 1. The standard InChI is InChI=1S/C36H35F3N6O4/c1-3-44-34-28(21-40-45(34)26-12-5-4-6-13-26)30(31(35(44)48)42-33(47)24-10-9-11-25(20-24)36(37,38)39)27-14-7-8-15-29(27)41-32(46)23(2)22-43-16-18-49-19-17-43/h4-15,20-21,30-31H,2-3,16-19,22H2,1H3,(H,41,46)(H,42,47)/t30-,31+/m1/s1. The van der Waals surface area contributed by atoms with Gasteiger partial charge in [0.25, 0.3) is 17.7 Å². The molecule has 1 saturated heterocycles. The number of nitrogens with zero attached hydrogens (tertiary/aromatic N) is 4. The van der Waals surface area contributed by atoms with Crippen molar-refractivity contribution in [3.8, 4) is 5.69 Å². The number of likely N-dealkylation sites (N-methyl/N-ethyl adjacent to an activating group) is 1. The van der Waals surface area contributed by atoms with Crippen molar-refractivity contribution < 1.29 is 32.3 Å². The number of benzene rings is 3. The fourth-order valence-corrected chi connectivity index (χ4v) is 6.25.